The number of amides is 1. The Morgan fingerprint density at radius 2 is 2.25 bits per heavy atom. The van der Waals surface area contributed by atoms with Crippen LogP contribution in [0.25, 0.3) is 5.78 Å². The first kappa shape index (κ1) is 18.4. The number of carbonyl (C=O) groups is 1. The smallest absolute Gasteiger partial charge is 0.296 e. The SMILES string of the molecule is Cc1cc(C(F)F)n2nc(C(=O)Nc3sc4c(c3C#N)CC[C@@H](C)C4)nc2n1. The van der Waals surface area contributed by atoms with Crippen LogP contribution in [0.3, 0.4) is 0 Å². The van der Waals surface area contributed by atoms with Crippen molar-refractivity contribution < 1.29 is 13.6 Å². The number of aryl methyl sites for hydroxylation is 1. The molecule has 0 saturated carbocycles. The lowest BCUT2D eigenvalue weighted by molar-refractivity contribution is 0.101. The average molecular weight is 402 g/mol. The molecule has 1 atom stereocenters. The number of hydrogen-bond donors (Lipinski definition) is 1. The summed E-state index contributed by atoms with van der Waals surface area (Å²) in [6.07, 6.45) is -0.100. The Morgan fingerprint density at radius 3 is 2.96 bits per heavy atom. The molecule has 28 heavy (non-hydrogen) atoms. The highest BCUT2D eigenvalue weighted by atomic mass is 32.1. The highest BCUT2D eigenvalue weighted by Crippen LogP contribution is 2.39. The summed E-state index contributed by atoms with van der Waals surface area (Å²) >= 11 is 1.38. The minimum absolute atomic E-state index is 0.0692. The van der Waals surface area contributed by atoms with E-state index in [0.29, 0.717) is 22.2 Å². The van der Waals surface area contributed by atoms with Crippen molar-refractivity contribution in [2.24, 2.45) is 5.92 Å². The number of anilines is 1. The zero-order valence-corrected chi connectivity index (χ0v) is 16.0. The van der Waals surface area contributed by atoms with Gasteiger partial charge >= 0.3 is 0 Å². The van der Waals surface area contributed by atoms with Crippen molar-refractivity contribution in [3.8, 4) is 6.07 Å². The number of nitriles is 1. The number of aromatic nitrogens is 4. The summed E-state index contributed by atoms with van der Waals surface area (Å²) in [5.41, 5.74) is 1.42. The third kappa shape index (κ3) is 3.11. The normalized spacial score (nSPS) is 16.2. The number of hydrogen-bond acceptors (Lipinski definition) is 6. The summed E-state index contributed by atoms with van der Waals surface area (Å²) in [7, 11) is 0. The van der Waals surface area contributed by atoms with E-state index in [0.717, 1.165) is 34.2 Å². The van der Waals surface area contributed by atoms with Crippen LogP contribution in [0.2, 0.25) is 0 Å². The van der Waals surface area contributed by atoms with Gasteiger partial charge in [0.2, 0.25) is 5.82 Å². The number of thiophene rings is 1. The van der Waals surface area contributed by atoms with Gasteiger partial charge in [0, 0.05) is 10.6 Å². The minimum atomic E-state index is -2.78. The van der Waals surface area contributed by atoms with E-state index in [1.165, 1.54) is 17.4 Å². The van der Waals surface area contributed by atoms with Gasteiger partial charge in [-0.1, -0.05) is 6.92 Å². The third-order valence-corrected chi connectivity index (χ3v) is 5.91. The molecule has 3 aromatic heterocycles. The molecule has 0 spiro atoms. The topological polar surface area (TPSA) is 96.0 Å². The number of nitrogens with one attached hydrogen (secondary N) is 1. The number of fused-ring (bicyclic) bond motifs is 2. The van der Waals surface area contributed by atoms with Gasteiger partial charge in [0.25, 0.3) is 18.1 Å². The maximum Gasteiger partial charge on any atom is 0.296 e. The second kappa shape index (κ2) is 6.91. The summed E-state index contributed by atoms with van der Waals surface area (Å²) in [4.78, 5) is 21.8. The van der Waals surface area contributed by atoms with Gasteiger partial charge in [-0.15, -0.1) is 16.4 Å². The van der Waals surface area contributed by atoms with Gasteiger partial charge in [-0.05, 0) is 43.7 Å². The highest BCUT2D eigenvalue weighted by molar-refractivity contribution is 7.16. The molecule has 3 aromatic rings. The Hall–Kier alpha value is -2.93. The van der Waals surface area contributed by atoms with Crippen LogP contribution >= 0.6 is 11.3 Å². The maximum absolute atomic E-state index is 13.2. The monoisotopic (exact) mass is 402 g/mol. The molecule has 0 aliphatic heterocycles. The fourth-order valence-corrected chi connectivity index (χ4v) is 4.74. The zero-order valence-electron chi connectivity index (χ0n) is 15.2. The summed E-state index contributed by atoms with van der Waals surface area (Å²) in [6, 6.07) is 3.38. The van der Waals surface area contributed by atoms with E-state index >= 15 is 0 Å². The lowest BCUT2D eigenvalue weighted by Gasteiger charge is -2.17. The van der Waals surface area contributed by atoms with Crippen LogP contribution in [0.5, 0.6) is 0 Å². The van der Waals surface area contributed by atoms with Crippen LogP contribution in [0.1, 0.15) is 57.8 Å². The van der Waals surface area contributed by atoms with E-state index in [1.807, 2.05) is 0 Å². The standard InChI is InChI=1S/C18H16F2N6OS/c1-8-3-4-10-11(7-21)17(28-13(10)5-8)24-16(27)15-23-18-22-9(2)6-12(14(19)20)26(18)25-15/h6,8,14H,3-5H2,1-2H3,(H,24,27)/t8-/m1/s1. The number of carbonyl (C=O) groups excluding carboxylic acids is 1. The quantitative estimate of drug-likeness (QED) is 0.721. The molecule has 3 heterocycles. The molecule has 0 aromatic carbocycles. The maximum atomic E-state index is 13.2. The molecule has 7 nitrogen and oxygen atoms in total. The molecular weight excluding hydrogens is 386 g/mol. The third-order valence-electron chi connectivity index (χ3n) is 4.74. The van der Waals surface area contributed by atoms with Crippen molar-refractivity contribution in [1.82, 2.24) is 19.6 Å². The number of halogens is 2. The van der Waals surface area contributed by atoms with Gasteiger partial charge in [-0.2, -0.15) is 14.8 Å². The van der Waals surface area contributed by atoms with Crippen molar-refractivity contribution in [3.63, 3.8) is 0 Å². The van der Waals surface area contributed by atoms with Gasteiger partial charge in [-0.3, -0.25) is 4.79 Å². The van der Waals surface area contributed by atoms with Crippen LogP contribution in [-0.4, -0.2) is 25.5 Å². The van der Waals surface area contributed by atoms with Gasteiger partial charge in [0.05, 0.1) is 5.56 Å². The first-order valence-electron chi connectivity index (χ1n) is 8.75. The molecule has 10 heteroatoms. The van der Waals surface area contributed by atoms with Gasteiger partial charge in [0.1, 0.15) is 16.8 Å². The fraction of sp³-hybridized carbons (Fsp3) is 0.389. The predicted octanol–water partition coefficient (Wildman–Crippen LogP) is 3.68. The van der Waals surface area contributed by atoms with Crippen molar-refractivity contribution in [2.45, 2.75) is 39.5 Å². The van der Waals surface area contributed by atoms with Gasteiger partial charge in [-0.25, -0.2) is 13.8 Å². The Balaban J connectivity index is 1.68. The number of alkyl halides is 2. The fourth-order valence-electron chi connectivity index (χ4n) is 3.38. The zero-order chi connectivity index (χ0) is 20.0. The summed E-state index contributed by atoms with van der Waals surface area (Å²) in [5, 5.41) is 16.6. The molecule has 1 aliphatic rings. The highest BCUT2D eigenvalue weighted by Gasteiger charge is 2.26. The van der Waals surface area contributed by atoms with E-state index in [4.69, 9.17) is 0 Å². The molecule has 0 unspecified atom stereocenters. The lowest BCUT2D eigenvalue weighted by atomic mass is 9.89. The minimum Gasteiger partial charge on any atom is -0.310 e. The molecule has 4 rings (SSSR count). The molecule has 0 radical (unpaired) electrons. The molecule has 0 saturated heterocycles. The van der Waals surface area contributed by atoms with E-state index in [9.17, 15) is 18.8 Å². The van der Waals surface area contributed by atoms with Crippen molar-refractivity contribution in [3.05, 3.63) is 39.3 Å². The van der Waals surface area contributed by atoms with E-state index in [-0.39, 0.29) is 17.3 Å². The number of rotatable bonds is 3. The van der Waals surface area contributed by atoms with Crippen LogP contribution in [0.4, 0.5) is 13.8 Å². The summed E-state index contributed by atoms with van der Waals surface area (Å²) in [6.45, 7) is 3.72. The second-order valence-corrected chi connectivity index (χ2v) is 8.00. The lowest BCUT2D eigenvalue weighted by Crippen LogP contribution is -2.14. The second-order valence-electron chi connectivity index (χ2n) is 6.89. The summed E-state index contributed by atoms with van der Waals surface area (Å²) < 4.78 is 27.4. The molecular formula is C18H16F2N6OS. The molecule has 0 fully saturated rings. The summed E-state index contributed by atoms with van der Waals surface area (Å²) in [5.74, 6) is -0.473. The van der Waals surface area contributed by atoms with E-state index in [2.05, 4.69) is 33.4 Å². The predicted molar refractivity (Wildman–Crippen MR) is 98.7 cm³/mol. The Kier molecular flexibility index (Phi) is 4.55. The van der Waals surface area contributed by atoms with Crippen molar-refractivity contribution in [2.75, 3.05) is 5.32 Å². The van der Waals surface area contributed by atoms with Crippen molar-refractivity contribution in [1.29, 1.82) is 5.26 Å². The molecule has 1 aliphatic carbocycles. The Labute approximate surface area is 163 Å². The average Bonchev–Trinajstić information content (AvgIpc) is 3.20. The molecule has 1 N–H and O–H groups in total. The van der Waals surface area contributed by atoms with Gasteiger partial charge in [0.15, 0.2) is 0 Å². The largest absolute Gasteiger partial charge is 0.310 e. The number of nitrogens with zero attached hydrogens (tertiary/aromatic N) is 5. The van der Waals surface area contributed by atoms with Crippen LogP contribution in [-0.2, 0) is 12.8 Å². The van der Waals surface area contributed by atoms with Crippen LogP contribution in [0.15, 0.2) is 6.07 Å². The molecule has 144 valence electrons. The molecule has 1 amide bonds. The van der Waals surface area contributed by atoms with E-state index < -0.39 is 12.3 Å². The first-order chi connectivity index (χ1) is 13.4. The first-order valence-corrected chi connectivity index (χ1v) is 9.57. The van der Waals surface area contributed by atoms with Crippen LogP contribution in [0, 0.1) is 24.2 Å². The van der Waals surface area contributed by atoms with Crippen molar-refractivity contribution >= 4 is 28.0 Å². The van der Waals surface area contributed by atoms with Gasteiger partial charge < -0.3 is 5.32 Å². The van der Waals surface area contributed by atoms with E-state index in [1.54, 1.807) is 6.92 Å². The Morgan fingerprint density at radius 1 is 1.46 bits per heavy atom. The Bertz CT molecular complexity index is 1130. The van der Waals surface area contributed by atoms with Crippen LogP contribution < -0.4 is 5.32 Å². The molecule has 0 bridgehead atoms.